The molecule has 3 rings (SSSR count). The van der Waals surface area contributed by atoms with Crippen molar-refractivity contribution in [1.82, 2.24) is 0 Å². The molecule has 1 heterocycles. The number of nitrogens with two attached hydrogens (primary N) is 1. The summed E-state index contributed by atoms with van der Waals surface area (Å²) in [5.74, 6) is 0.0280. The van der Waals surface area contributed by atoms with Gasteiger partial charge in [0.2, 0.25) is 6.17 Å². The highest BCUT2D eigenvalue weighted by atomic mass is 16.1. The number of Topliss-reactive ketones (excluding diaryl/α,β-unsaturated/α-hetero) is 1. The summed E-state index contributed by atoms with van der Waals surface area (Å²) in [5, 5.41) is 2.21. The predicted octanol–water partition coefficient (Wildman–Crippen LogP) is 2.67. The monoisotopic (exact) mass is 293 g/mol. The van der Waals surface area contributed by atoms with Crippen molar-refractivity contribution in [3.05, 3.63) is 71.8 Å². The fourth-order valence-corrected chi connectivity index (χ4v) is 3.27. The van der Waals surface area contributed by atoms with Gasteiger partial charge in [-0.15, -0.1) is 0 Å². The van der Waals surface area contributed by atoms with Crippen molar-refractivity contribution in [2.24, 2.45) is 10.9 Å². The first-order valence-corrected chi connectivity index (χ1v) is 7.66. The van der Waals surface area contributed by atoms with Gasteiger partial charge in [-0.2, -0.15) is 0 Å². The average Bonchev–Trinajstić information content (AvgIpc) is 2.55. The zero-order valence-corrected chi connectivity index (χ0v) is 12.9. The van der Waals surface area contributed by atoms with Gasteiger partial charge in [-0.3, -0.25) is 4.79 Å². The lowest BCUT2D eigenvalue weighted by molar-refractivity contribution is -0.738. The van der Waals surface area contributed by atoms with Gasteiger partial charge >= 0.3 is 0 Å². The van der Waals surface area contributed by atoms with Crippen molar-refractivity contribution < 1.29 is 10.1 Å². The van der Waals surface area contributed by atoms with Crippen LogP contribution in [-0.4, -0.2) is 11.5 Å². The molecule has 22 heavy (non-hydrogen) atoms. The van der Waals surface area contributed by atoms with Crippen molar-refractivity contribution in [1.29, 1.82) is 0 Å². The van der Waals surface area contributed by atoms with Crippen LogP contribution in [0.1, 0.15) is 37.2 Å². The lowest BCUT2D eigenvalue weighted by Crippen LogP contribution is -2.89. The summed E-state index contributed by atoms with van der Waals surface area (Å²) < 4.78 is 0. The topological polar surface area (TPSA) is 46.0 Å². The Labute approximate surface area is 131 Å². The molecule has 3 heteroatoms. The van der Waals surface area contributed by atoms with Crippen LogP contribution in [0.2, 0.25) is 0 Å². The van der Waals surface area contributed by atoms with E-state index in [0.29, 0.717) is 0 Å². The van der Waals surface area contributed by atoms with E-state index < -0.39 is 0 Å². The Hall–Kier alpha value is -2.26. The Balaban J connectivity index is 2.01. The molecule has 1 aliphatic heterocycles. The summed E-state index contributed by atoms with van der Waals surface area (Å²) in [6, 6.07) is 20.6. The maximum atomic E-state index is 12.1. The maximum Gasteiger partial charge on any atom is 0.206 e. The molecule has 0 spiro atoms. The minimum Gasteiger partial charge on any atom is -0.314 e. The standard InChI is InChI=1S/C19H20N2O/c1-13-17(14(2)22)18(15-9-5-3-6-10-15)21-19(20-13)16-11-7-4-8-12-16/h3-12,17-19,21H,1-2H3/p+1/t17?,18-,19+/m1/s1. The summed E-state index contributed by atoms with van der Waals surface area (Å²) in [5.41, 5.74) is 3.28. The van der Waals surface area contributed by atoms with Crippen LogP contribution in [-0.2, 0) is 4.79 Å². The first kappa shape index (κ1) is 14.7. The first-order valence-electron chi connectivity index (χ1n) is 7.66. The molecule has 112 valence electrons. The van der Waals surface area contributed by atoms with Gasteiger partial charge in [0.15, 0.2) is 0 Å². The van der Waals surface area contributed by atoms with Gasteiger partial charge in [0, 0.05) is 16.8 Å². The number of carbonyl (C=O) groups is 1. The Morgan fingerprint density at radius 1 is 0.955 bits per heavy atom. The Morgan fingerprint density at radius 2 is 1.50 bits per heavy atom. The van der Waals surface area contributed by atoms with Crippen LogP contribution in [0.3, 0.4) is 0 Å². The van der Waals surface area contributed by atoms with Crippen molar-refractivity contribution in [3.8, 4) is 0 Å². The maximum absolute atomic E-state index is 12.1. The van der Waals surface area contributed by atoms with E-state index in [1.165, 1.54) is 11.1 Å². The van der Waals surface area contributed by atoms with Gasteiger partial charge in [-0.25, -0.2) is 4.99 Å². The highest BCUT2D eigenvalue weighted by molar-refractivity contribution is 6.04. The highest BCUT2D eigenvalue weighted by Gasteiger charge is 2.38. The number of carbonyl (C=O) groups excluding carboxylic acids is 1. The van der Waals surface area contributed by atoms with Gasteiger partial charge < -0.3 is 5.32 Å². The Morgan fingerprint density at radius 3 is 2.05 bits per heavy atom. The van der Waals surface area contributed by atoms with E-state index in [1.807, 2.05) is 43.3 Å². The number of quaternary nitrogens is 1. The third-order valence-corrected chi connectivity index (χ3v) is 4.31. The third-order valence-electron chi connectivity index (χ3n) is 4.31. The molecule has 0 saturated heterocycles. The summed E-state index contributed by atoms with van der Waals surface area (Å²) in [7, 11) is 0. The van der Waals surface area contributed by atoms with E-state index in [2.05, 4.69) is 29.6 Å². The second-order valence-electron chi connectivity index (χ2n) is 5.84. The van der Waals surface area contributed by atoms with E-state index in [4.69, 9.17) is 4.99 Å². The second-order valence-corrected chi connectivity index (χ2v) is 5.84. The molecule has 0 fully saturated rings. The Bertz CT molecular complexity index is 679. The summed E-state index contributed by atoms with van der Waals surface area (Å²) in [4.78, 5) is 16.9. The van der Waals surface area contributed by atoms with Crippen LogP contribution in [0, 0.1) is 5.92 Å². The zero-order chi connectivity index (χ0) is 15.5. The number of hydrogen-bond acceptors (Lipinski definition) is 2. The van der Waals surface area contributed by atoms with Crippen LogP contribution in [0.25, 0.3) is 0 Å². The quantitative estimate of drug-likeness (QED) is 0.929. The molecule has 0 saturated carbocycles. The fourth-order valence-electron chi connectivity index (χ4n) is 3.27. The summed E-state index contributed by atoms with van der Waals surface area (Å²) in [6.07, 6.45) is 0.0157. The van der Waals surface area contributed by atoms with Gasteiger partial charge in [0.1, 0.15) is 17.7 Å². The molecule has 2 aromatic rings. The SMILES string of the molecule is CC(=O)C1C(C)=N[C@H](c2ccccc2)[NH2+][C@@H]1c1ccccc1. The van der Waals surface area contributed by atoms with Crippen LogP contribution in [0.15, 0.2) is 65.7 Å². The number of aliphatic imine (C=N–C) groups is 1. The third kappa shape index (κ3) is 2.85. The lowest BCUT2D eigenvalue weighted by atomic mass is 9.84. The molecule has 0 bridgehead atoms. The smallest absolute Gasteiger partial charge is 0.206 e. The largest absolute Gasteiger partial charge is 0.314 e. The molecular formula is C19H21N2O+. The lowest BCUT2D eigenvalue weighted by Gasteiger charge is -2.31. The minimum absolute atomic E-state index is 0.0157. The van der Waals surface area contributed by atoms with Crippen LogP contribution >= 0.6 is 0 Å². The number of ketones is 1. The molecule has 0 aliphatic carbocycles. The minimum atomic E-state index is -0.151. The van der Waals surface area contributed by atoms with Crippen LogP contribution < -0.4 is 5.32 Å². The first-order chi connectivity index (χ1) is 10.7. The molecule has 2 N–H and O–H groups in total. The molecule has 0 amide bonds. The van der Waals surface area contributed by atoms with Crippen molar-refractivity contribution in [2.75, 3.05) is 0 Å². The molecule has 0 radical (unpaired) electrons. The predicted molar refractivity (Wildman–Crippen MR) is 87.6 cm³/mol. The van der Waals surface area contributed by atoms with Crippen LogP contribution in [0.5, 0.6) is 0 Å². The normalized spacial score (nSPS) is 24.6. The van der Waals surface area contributed by atoms with E-state index in [1.54, 1.807) is 6.92 Å². The number of hydrogen-bond donors (Lipinski definition) is 1. The molecule has 1 aliphatic rings. The average molecular weight is 293 g/mol. The molecule has 2 aromatic carbocycles. The number of benzene rings is 2. The van der Waals surface area contributed by atoms with E-state index in [-0.39, 0.29) is 23.9 Å². The van der Waals surface area contributed by atoms with Crippen molar-refractivity contribution in [2.45, 2.75) is 26.1 Å². The van der Waals surface area contributed by atoms with Gasteiger partial charge in [0.25, 0.3) is 0 Å². The fraction of sp³-hybridized carbons (Fsp3) is 0.263. The van der Waals surface area contributed by atoms with Crippen LogP contribution in [0.4, 0.5) is 0 Å². The van der Waals surface area contributed by atoms with Gasteiger partial charge in [0.05, 0.1) is 0 Å². The van der Waals surface area contributed by atoms with E-state index in [9.17, 15) is 4.79 Å². The zero-order valence-electron chi connectivity index (χ0n) is 12.9. The molecule has 3 nitrogen and oxygen atoms in total. The summed E-state index contributed by atoms with van der Waals surface area (Å²) >= 11 is 0. The Kier molecular flexibility index (Phi) is 4.16. The second kappa shape index (κ2) is 6.24. The summed E-state index contributed by atoms with van der Waals surface area (Å²) in [6.45, 7) is 3.64. The van der Waals surface area contributed by atoms with E-state index >= 15 is 0 Å². The number of rotatable bonds is 3. The molecule has 0 aromatic heterocycles. The van der Waals surface area contributed by atoms with Crippen molar-refractivity contribution >= 4 is 11.5 Å². The van der Waals surface area contributed by atoms with Gasteiger partial charge in [-0.05, 0) is 13.8 Å². The molecule has 1 unspecified atom stereocenters. The molecule has 3 atom stereocenters. The van der Waals surface area contributed by atoms with Gasteiger partial charge in [-0.1, -0.05) is 60.7 Å². The highest BCUT2D eigenvalue weighted by Crippen LogP contribution is 2.27. The number of nitrogens with zero attached hydrogens (tertiary/aromatic N) is 1. The van der Waals surface area contributed by atoms with E-state index in [0.717, 1.165) is 5.71 Å². The van der Waals surface area contributed by atoms with Crippen molar-refractivity contribution in [3.63, 3.8) is 0 Å². The molecular weight excluding hydrogens is 272 g/mol.